The zero-order chi connectivity index (χ0) is 30.9. The van der Waals surface area contributed by atoms with Gasteiger partial charge in [0.05, 0.1) is 13.7 Å². The van der Waals surface area contributed by atoms with Crippen molar-refractivity contribution in [2.45, 2.75) is 70.5 Å². The molecule has 0 spiro atoms. The molecule has 42 heavy (non-hydrogen) atoms. The van der Waals surface area contributed by atoms with Gasteiger partial charge in [0.25, 0.3) is 0 Å². The molecule has 1 heterocycles. The Hall–Kier alpha value is -3.03. The third-order valence-electron chi connectivity index (χ3n) is 6.31. The Morgan fingerprint density at radius 1 is 1.00 bits per heavy atom. The van der Waals surface area contributed by atoms with Gasteiger partial charge in [-0.25, -0.2) is 4.57 Å². The van der Waals surface area contributed by atoms with Crippen molar-refractivity contribution in [2.75, 3.05) is 13.7 Å². The quantitative estimate of drug-likeness (QED) is 0.155. The Bertz CT molecular complexity index is 1200. The van der Waals surface area contributed by atoms with E-state index in [1.807, 2.05) is 32.0 Å². The zero-order valence-electron chi connectivity index (χ0n) is 23.9. The minimum absolute atomic E-state index is 0.00616. The lowest BCUT2D eigenvalue weighted by molar-refractivity contribution is -0.252. The summed E-state index contributed by atoms with van der Waals surface area (Å²) in [4.78, 5) is 24.6. The molecule has 1 saturated heterocycles. The van der Waals surface area contributed by atoms with Gasteiger partial charge in [0.2, 0.25) is 5.91 Å². The van der Waals surface area contributed by atoms with E-state index >= 15 is 0 Å². The number of methoxy groups -OCH3 is 1. The lowest BCUT2D eigenvalue weighted by Gasteiger charge is -2.40. The van der Waals surface area contributed by atoms with Gasteiger partial charge < -0.3 is 39.4 Å². The molecule has 3 rings (SSSR count). The first-order valence-corrected chi connectivity index (χ1v) is 15.0. The summed E-state index contributed by atoms with van der Waals surface area (Å²) in [5, 5.41) is 36.3. The number of amides is 1. The van der Waals surface area contributed by atoms with Crippen LogP contribution in [0.4, 0.5) is 0 Å². The minimum atomic E-state index is -4.41. The van der Waals surface area contributed by atoms with Crippen LogP contribution in [0, 0.1) is 5.92 Å². The van der Waals surface area contributed by atoms with E-state index in [9.17, 15) is 29.5 Å². The number of ether oxygens (including phenoxy) is 3. The van der Waals surface area contributed by atoms with E-state index in [1.165, 1.54) is 26.2 Å². The van der Waals surface area contributed by atoms with Gasteiger partial charge in [0, 0.05) is 6.92 Å². The highest BCUT2D eigenvalue weighted by molar-refractivity contribution is 7.52. The van der Waals surface area contributed by atoms with Gasteiger partial charge in [-0.15, -0.1) is 0 Å². The number of benzene rings is 2. The SMILES string of the molecule is COc1ccc(OP(=O)(N[C@@H](CC(C)C)C(=O)OCc2ccccc2)OC[C@H]2O[C@H](O)[C@H](NC(C)=O)[C@@H](O)[C@@H]2O)cc1. The van der Waals surface area contributed by atoms with Crippen LogP contribution >= 0.6 is 7.75 Å². The average Bonchev–Trinajstić information content (AvgIpc) is 2.95. The van der Waals surface area contributed by atoms with Crippen molar-refractivity contribution < 1.29 is 52.7 Å². The molecule has 1 unspecified atom stereocenters. The normalized spacial score (nSPS) is 24.3. The smallest absolute Gasteiger partial charge is 0.459 e. The highest BCUT2D eigenvalue weighted by Crippen LogP contribution is 2.46. The summed E-state index contributed by atoms with van der Waals surface area (Å²) in [5.41, 5.74) is 0.765. The van der Waals surface area contributed by atoms with Crippen LogP contribution in [0.15, 0.2) is 54.6 Å². The Morgan fingerprint density at radius 3 is 2.24 bits per heavy atom. The summed E-state index contributed by atoms with van der Waals surface area (Å²) in [6.45, 7) is 4.28. The molecule has 13 nitrogen and oxygen atoms in total. The first-order chi connectivity index (χ1) is 19.9. The predicted octanol–water partition coefficient (Wildman–Crippen LogP) is 1.89. The van der Waals surface area contributed by atoms with E-state index in [-0.39, 0.29) is 24.7 Å². The second kappa shape index (κ2) is 15.4. The molecule has 0 saturated carbocycles. The van der Waals surface area contributed by atoms with Gasteiger partial charge in [-0.2, -0.15) is 5.09 Å². The molecule has 7 atom stereocenters. The maximum atomic E-state index is 14.1. The number of hydrogen-bond acceptors (Lipinski definition) is 11. The van der Waals surface area contributed by atoms with Crippen molar-refractivity contribution in [3.63, 3.8) is 0 Å². The predicted molar refractivity (Wildman–Crippen MR) is 150 cm³/mol. The van der Waals surface area contributed by atoms with E-state index in [0.29, 0.717) is 5.75 Å². The summed E-state index contributed by atoms with van der Waals surface area (Å²) in [7, 11) is -2.93. The van der Waals surface area contributed by atoms with Crippen LogP contribution in [0.25, 0.3) is 0 Å². The van der Waals surface area contributed by atoms with Crippen LogP contribution < -0.4 is 19.7 Å². The van der Waals surface area contributed by atoms with Crippen molar-refractivity contribution >= 4 is 19.6 Å². The van der Waals surface area contributed by atoms with Gasteiger partial charge in [0.1, 0.15) is 48.5 Å². The lowest BCUT2D eigenvalue weighted by Crippen LogP contribution is -2.64. The number of rotatable bonds is 14. The number of nitrogens with one attached hydrogen (secondary N) is 2. The van der Waals surface area contributed by atoms with Gasteiger partial charge in [-0.05, 0) is 42.2 Å². The van der Waals surface area contributed by atoms with Crippen LogP contribution in [-0.4, -0.2) is 77.6 Å². The summed E-state index contributed by atoms with van der Waals surface area (Å²) >= 11 is 0. The van der Waals surface area contributed by atoms with Gasteiger partial charge >= 0.3 is 13.7 Å². The first kappa shape index (κ1) is 33.5. The molecule has 232 valence electrons. The zero-order valence-corrected chi connectivity index (χ0v) is 24.8. The fourth-order valence-electron chi connectivity index (χ4n) is 4.20. The third-order valence-corrected chi connectivity index (χ3v) is 7.88. The highest BCUT2D eigenvalue weighted by Gasteiger charge is 2.46. The molecule has 2 aromatic carbocycles. The number of carbonyl (C=O) groups is 2. The Labute approximate surface area is 244 Å². The summed E-state index contributed by atoms with van der Waals surface area (Å²) in [6, 6.07) is 12.8. The standard InChI is InChI=1S/C28H39N2O11P/c1-17(2)14-22(27(34)38-15-19-8-6-5-7-9-19)30-42(36,41-21-12-10-20(37-4)11-13-21)39-16-23-25(32)26(33)24(28(35)40-23)29-18(3)31/h5-13,17,22-26,28,32-33,35H,14-16H2,1-4H3,(H,29,31)(H,30,36)/t22-,23+,24+,25+,26+,28-,42?/m0/s1. The second-order valence-corrected chi connectivity index (χ2v) is 11.9. The maximum Gasteiger partial charge on any atom is 0.459 e. The summed E-state index contributed by atoms with van der Waals surface area (Å²) in [5.74, 6) is -0.638. The van der Waals surface area contributed by atoms with Crippen LogP contribution in [0.2, 0.25) is 0 Å². The van der Waals surface area contributed by atoms with E-state index in [1.54, 1.807) is 24.3 Å². The number of esters is 1. The van der Waals surface area contributed by atoms with Crippen molar-refractivity contribution in [1.82, 2.24) is 10.4 Å². The number of hydrogen-bond donors (Lipinski definition) is 5. The molecule has 1 aliphatic heterocycles. The first-order valence-electron chi connectivity index (χ1n) is 13.4. The average molecular weight is 611 g/mol. The van der Waals surface area contributed by atoms with Crippen LogP contribution in [0.1, 0.15) is 32.8 Å². The molecule has 14 heteroatoms. The molecule has 5 N–H and O–H groups in total. The fraction of sp³-hybridized carbons (Fsp3) is 0.500. The van der Waals surface area contributed by atoms with Crippen molar-refractivity contribution in [1.29, 1.82) is 0 Å². The lowest BCUT2D eigenvalue weighted by atomic mass is 9.97. The Morgan fingerprint density at radius 2 is 1.64 bits per heavy atom. The largest absolute Gasteiger partial charge is 0.497 e. The Balaban J connectivity index is 1.80. The molecule has 0 aromatic heterocycles. The van der Waals surface area contributed by atoms with E-state index in [0.717, 1.165) is 5.56 Å². The topological polar surface area (TPSA) is 182 Å². The van der Waals surface area contributed by atoms with Crippen molar-refractivity contribution in [3.8, 4) is 11.5 Å². The molecule has 0 radical (unpaired) electrons. The maximum absolute atomic E-state index is 14.1. The molecule has 2 aromatic rings. The van der Waals surface area contributed by atoms with Gasteiger partial charge in [0.15, 0.2) is 6.29 Å². The molecule has 1 fully saturated rings. The molecule has 1 aliphatic rings. The van der Waals surface area contributed by atoms with Crippen molar-refractivity contribution in [3.05, 3.63) is 60.2 Å². The minimum Gasteiger partial charge on any atom is -0.497 e. The van der Waals surface area contributed by atoms with Crippen LogP contribution in [0.5, 0.6) is 11.5 Å². The monoisotopic (exact) mass is 610 g/mol. The van der Waals surface area contributed by atoms with E-state index in [2.05, 4.69) is 10.4 Å². The molecular weight excluding hydrogens is 571 g/mol. The molecule has 0 bridgehead atoms. The van der Waals surface area contributed by atoms with Gasteiger partial charge in [-0.3, -0.25) is 14.1 Å². The fourth-order valence-corrected chi connectivity index (χ4v) is 5.72. The number of aliphatic hydroxyl groups excluding tert-OH is 3. The van der Waals surface area contributed by atoms with Gasteiger partial charge in [-0.1, -0.05) is 44.2 Å². The van der Waals surface area contributed by atoms with Crippen molar-refractivity contribution in [2.24, 2.45) is 5.92 Å². The molecular formula is C28H39N2O11P. The van der Waals surface area contributed by atoms with E-state index in [4.69, 9.17) is 23.3 Å². The van der Waals surface area contributed by atoms with Crippen LogP contribution in [-0.2, 0) is 34.8 Å². The molecule has 0 aliphatic carbocycles. The number of carbonyl (C=O) groups excluding carboxylic acids is 2. The number of aliphatic hydroxyl groups is 3. The summed E-state index contributed by atoms with van der Waals surface area (Å²) in [6.07, 6.45) is -6.11. The van der Waals surface area contributed by atoms with Crippen LogP contribution in [0.3, 0.4) is 0 Å². The Kier molecular flexibility index (Phi) is 12.3. The van der Waals surface area contributed by atoms with E-state index < -0.39 is 62.9 Å². The highest BCUT2D eigenvalue weighted by atomic mass is 31.2. The molecule has 1 amide bonds. The second-order valence-electron chi connectivity index (χ2n) is 10.2. The summed E-state index contributed by atoms with van der Waals surface area (Å²) < 4.78 is 41.4. The third kappa shape index (κ3) is 9.77.